The van der Waals surface area contributed by atoms with E-state index in [9.17, 15) is 0 Å². The smallest absolute Gasteiger partial charge is 0.258 e. The van der Waals surface area contributed by atoms with Crippen LogP contribution in [-0.2, 0) is 0 Å². The minimum Gasteiger partial charge on any atom is -0.334 e. The second kappa shape index (κ2) is 4.61. The molecule has 0 unspecified atom stereocenters. The van der Waals surface area contributed by atoms with Gasteiger partial charge in [0.25, 0.3) is 5.89 Å². The minimum absolute atomic E-state index is 0.496. The fraction of sp³-hybridized carbons (Fsp3) is 0.143. The summed E-state index contributed by atoms with van der Waals surface area (Å²) >= 11 is 0. The molecule has 2 heterocycles. The third-order valence-corrected chi connectivity index (χ3v) is 2.76. The maximum Gasteiger partial charge on any atom is 0.258 e. The predicted octanol–water partition coefficient (Wildman–Crippen LogP) is 2.81. The number of benzene rings is 1. The van der Waals surface area contributed by atoms with Gasteiger partial charge in [0.2, 0.25) is 5.82 Å². The van der Waals surface area contributed by atoms with Gasteiger partial charge in [-0.25, -0.2) is 9.97 Å². The molecule has 0 saturated heterocycles. The van der Waals surface area contributed by atoms with Gasteiger partial charge in [0.1, 0.15) is 5.82 Å². The lowest BCUT2D eigenvalue weighted by Gasteiger charge is -1.94. The van der Waals surface area contributed by atoms with Gasteiger partial charge in [0, 0.05) is 18.0 Å². The van der Waals surface area contributed by atoms with Crippen LogP contribution in [0.1, 0.15) is 11.4 Å². The average Bonchev–Trinajstić information content (AvgIpc) is 2.90. The molecule has 0 amide bonds. The molecule has 0 saturated carbocycles. The van der Waals surface area contributed by atoms with E-state index in [2.05, 4.69) is 20.1 Å². The highest BCUT2D eigenvalue weighted by Gasteiger charge is 2.10. The summed E-state index contributed by atoms with van der Waals surface area (Å²) in [6.07, 6.45) is 3.37. The second-order valence-electron chi connectivity index (χ2n) is 4.31. The van der Waals surface area contributed by atoms with Crippen LogP contribution < -0.4 is 0 Å². The predicted molar refractivity (Wildman–Crippen MR) is 70.2 cm³/mol. The number of aromatic nitrogens is 4. The zero-order valence-corrected chi connectivity index (χ0v) is 10.7. The molecule has 0 aliphatic rings. The van der Waals surface area contributed by atoms with Gasteiger partial charge in [-0.15, -0.1) is 0 Å². The van der Waals surface area contributed by atoms with Crippen molar-refractivity contribution in [3.63, 3.8) is 0 Å². The maximum absolute atomic E-state index is 5.26. The van der Waals surface area contributed by atoms with Gasteiger partial charge < -0.3 is 4.52 Å². The largest absolute Gasteiger partial charge is 0.334 e. The standard InChI is InChI=1S/C14H12N4O/c1-9-3-5-11(6-4-9)14-17-13(18-19-14)12-7-15-10(2)16-8-12/h3-8H,1-2H3. The maximum atomic E-state index is 5.26. The number of nitrogens with zero attached hydrogens (tertiary/aromatic N) is 4. The van der Waals surface area contributed by atoms with Crippen molar-refractivity contribution in [1.29, 1.82) is 0 Å². The SMILES string of the molecule is Cc1ccc(-c2nc(-c3cnc(C)nc3)no2)cc1. The highest BCUT2D eigenvalue weighted by molar-refractivity contribution is 5.58. The summed E-state index contributed by atoms with van der Waals surface area (Å²) in [5.74, 6) is 1.71. The summed E-state index contributed by atoms with van der Waals surface area (Å²) in [6, 6.07) is 7.93. The van der Waals surface area contributed by atoms with Crippen LogP contribution in [0.15, 0.2) is 41.2 Å². The van der Waals surface area contributed by atoms with Crippen molar-refractivity contribution in [1.82, 2.24) is 20.1 Å². The van der Waals surface area contributed by atoms with Crippen molar-refractivity contribution < 1.29 is 4.52 Å². The van der Waals surface area contributed by atoms with Crippen LogP contribution in [0.5, 0.6) is 0 Å². The Morgan fingerprint density at radius 2 is 1.58 bits per heavy atom. The van der Waals surface area contributed by atoms with Crippen LogP contribution in [0.2, 0.25) is 0 Å². The van der Waals surface area contributed by atoms with Crippen molar-refractivity contribution >= 4 is 0 Å². The lowest BCUT2D eigenvalue weighted by molar-refractivity contribution is 0.432. The molecule has 0 bridgehead atoms. The summed E-state index contributed by atoms with van der Waals surface area (Å²) in [4.78, 5) is 12.6. The van der Waals surface area contributed by atoms with Crippen LogP contribution in [0.25, 0.3) is 22.8 Å². The molecular formula is C14H12N4O. The normalized spacial score (nSPS) is 10.6. The summed E-state index contributed by atoms with van der Waals surface area (Å²) in [5, 5.41) is 3.95. The van der Waals surface area contributed by atoms with E-state index in [4.69, 9.17) is 4.52 Å². The first kappa shape index (κ1) is 11.5. The molecule has 5 heteroatoms. The molecule has 0 fully saturated rings. The van der Waals surface area contributed by atoms with E-state index in [1.165, 1.54) is 5.56 Å². The Balaban J connectivity index is 1.95. The summed E-state index contributed by atoms with van der Waals surface area (Å²) < 4.78 is 5.26. The first-order valence-electron chi connectivity index (χ1n) is 5.92. The Morgan fingerprint density at radius 3 is 2.26 bits per heavy atom. The molecule has 3 rings (SSSR count). The van der Waals surface area contributed by atoms with E-state index in [0.29, 0.717) is 17.5 Å². The van der Waals surface area contributed by atoms with E-state index < -0.39 is 0 Å². The molecule has 2 aromatic heterocycles. The highest BCUT2D eigenvalue weighted by Crippen LogP contribution is 2.21. The Kier molecular flexibility index (Phi) is 2.79. The van der Waals surface area contributed by atoms with Gasteiger partial charge in [-0.1, -0.05) is 22.9 Å². The third kappa shape index (κ3) is 2.35. The Bertz CT molecular complexity index is 626. The first-order valence-corrected chi connectivity index (χ1v) is 5.92. The average molecular weight is 252 g/mol. The lowest BCUT2D eigenvalue weighted by Crippen LogP contribution is -1.88. The van der Waals surface area contributed by atoms with Crippen LogP contribution in [0.3, 0.4) is 0 Å². The molecule has 5 nitrogen and oxygen atoms in total. The van der Waals surface area contributed by atoms with Crippen molar-refractivity contribution in [2.75, 3.05) is 0 Å². The molecule has 94 valence electrons. The van der Waals surface area contributed by atoms with Gasteiger partial charge in [-0.2, -0.15) is 4.98 Å². The quantitative estimate of drug-likeness (QED) is 0.701. The Labute approximate surface area is 110 Å². The van der Waals surface area contributed by atoms with Gasteiger partial charge in [0.15, 0.2) is 0 Å². The number of rotatable bonds is 2. The number of aryl methyl sites for hydroxylation is 2. The summed E-state index contributed by atoms with van der Waals surface area (Å²) in [6.45, 7) is 3.87. The van der Waals surface area contributed by atoms with Crippen LogP contribution in [-0.4, -0.2) is 20.1 Å². The van der Waals surface area contributed by atoms with Crippen molar-refractivity contribution in [2.24, 2.45) is 0 Å². The molecule has 1 aromatic carbocycles. The molecule has 3 aromatic rings. The van der Waals surface area contributed by atoms with Crippen LogP contribution in [0.4, 0.5) is 0 Å². The van der Waals surface area contributed by atoms with Gasteiger partial charge in [-0.3, -0.25) is 0 Å². The molecule has 0 aliphatic heterocycles. The van der Waals surface area contributed by atoms with E-state index in [1.54, 1.807) is 12.4 Å². The van der Waals surface area contributed by atoms with Gasteiger partial charge >= 0.3 is 0 Å². The van der Waals surface area contributed by atoms with Crippen LogP contribution in [0, 0.1) is 13.8 Å². The Hall–Kier alpha value is -2.56. The fourth-order valence-electron chi connectivity index (χ4n) is 1.66. The first-order chi connectivity index (χ1) is 9.22. The van der Waals surface area contributed by atoms with Crippen molar-refractivity contribution in [2.45, 2.75) is 13.8 Å². The van der Waals surface area contributed by atoms with E-state index in [-0.39, 0.29) is 0 Å². The number of hydrogen-bond acceptors (Lipinski definition) is 5. The molecule has 0 atom stereocenters. The second-order valence-corrected chi connectivity index (χ2v) is 4.31. The van der Waals surface area contributed by atoms with Crippen molar-refractivity contribution in [3.05, 3.63) is 48.0 Å². The van der Waals surface area contributed by atoms with Crippen molar-refractivity contribution in [3.8, 4) is 22.8 Å². The molecule has 0 aliphatic carbocycles. The summed E-state index contributed by atoms with van der Waals surface area (Å²) in [5.41, 5.74) is 2.83. The molecule has 0 radical (unpaired) electrons. The molecular weight excluding hydrogens is 240 g/mol. The lowest BCUT2D eigenvalue weighted by atomic mass is 10.1. The minimum atomic E-state index is 0.496. The van der Waals surface area contributed by atoms with E-state index in [1.807, 2.05) is 38.1 Å². The molecule has 19 heavy (non-hydrogen) atoms. The monoisotopic (exact) mass is 252 g/mol. The van der Waals surface area contributed by atoms with Gasteiger partial charge in [-0.05, 0) is 26.0 Å². The van der Waals surface area contributed by atoms with Gasteiger partial charge in [0.05, 0.1) is 5.56 Å². The zero-order chi connectivity index (χ0) is 13.2. The van der Waals surface area contributed by atoms with E-state index >= 15 is 0 Å². The highest BCUT2D eigenvalue weighted by atomic mass is 16.5. The number of hydrogen-bond donors (Lipinski definition) is 0. The zero-order valence-electron chi connectivity index (χ0n) is 10.7. The third-order valence-electron chi connectivity index (χ3n) is 2.76. The molecule has 0 spiro atoms. The topological polar surface area (TPSA) is 64.7 Å². The fourth-order valence-corrected chi connectivity index (χ4v) is 1.66. The Morgan fingerprint density at radius 1 is 0.895 bits per heavy atom. The van der Waals surface area contributed by atoms with Crippen LogP contribution >= 0.6 is 0 Å². The van der Waals surface area contributed by atoms with E-state index in [0.717, 1.165) is 11.1 Å². The molecule has 0 N–H and O–H groups in total. The summed E-state index contributed by atoms with van der Waals surface area (Å²) in [7, 11) is 0.